The van der Waals surface area contributed by atoms with Crippen molar-refractivity contribution in [3.63, 3.8) is 0 Å². The molecule has 1 N–H and O–H groups in total. The summed E-state index contributed by atoms with van der Waals surface area (Å²) in [5.41, 5.74) is 1.86. The van der Waals surface area contributed by atoms with Gasteiger partial charge in [0.2, 0.25) is 0 Å². The molecule has 2 atom stereocenters. The van der Waals surface area contributed by atoms with Crippen molar-refractivity contribution in [1.29, 1.82) is 0 Å². The van der Waals surface area contributed by atoms with E-state index in [2.05, 4.69) is 33.5 Å². The van der Waals surface area contributed by atoms with E-state index in [-0.39, 0.29) is 0 Å². The maximum Gasteiger partial charge on any atom is 0.0417 e. The highest BCUT2D eigenvalue weighted by Crippen LogP contribution is 2.51. The molecule has 0 amide bonds. The maximum absolute atomic E-state index is 4.36. The van der Waals surface area contributed by atoms with E-state index in [1.54, 1.807) is 0 Å². The molecule has 3 nitrogen and oxygen atoms in total. The normalized spacial score (nSPS) is 42.6. The van der Waals surface area contributed by atoms with Crippen LogP contribution >= 0.6 is 0 Å². The molecule has 1 aromatic heterocycles. The van der Waals surface area contributed by atoms with Gasteiger partial charge in [-0.05, 0) is 56.4 Å². The summed E-state index contributed by atoms with van der Waals surface area (Å²) in [7, 11) is 0. The van der Waals surface area contributed by atoms with Crippen LogP contribution in [0.15, 0.2) is 24.5 Å². The summed E-state index contributed by atoms with van der Waals surface area (Å²) < 4.78 is 0. The van der Waals surface area contributed by atoms with Crippen LogP contribution in [0.5, 0.6) is 0 Å². The quantitative estimate of drug-likeness (QED) is 0.812. The second-order valence-corrected chi connectivity index (χ2v) is 6.12. The highest BCUT2D eigenvalue weighted by atomic mass is 15.3. The summed E-state index contributed by atoms with van der Waals surface area (Å²) >= 11 is 0. The van der Waals surface area contributed by atoms with Crippen molar-refractivity contribution in [2.24, 2.45) is 5.92 Å². The lowest BCUT2D eigenvalue weighted by Crippen LogP contribution is -2.64. The minimum atomic E-state index is 0.393. The highest BCUT2D eigenvalue weighted by Gasteiger charge is 2.54. The van der Waals surface area contributed by atoms with E-state index >= 15 is 0 Å². The van der Waals surface area contributed by atoms with Crippen LogP contribution in [0.3, 0.4) is 0 Å². The smallest absolute Gasteiger partial charge is 0.0417 e. The third kappa shape index (κ3) is 1.41. The van der Waals surface area contributed by atoms with Gasteiger partial charge >= 0.3 is 0 Å². The van der Waals surface area contributed by atoms with E-state index in [1.807, 2.05) is 6.20 Å². The highest BCUT2D eigenvalue weighted by molar-refractivity contribution is 5.27. The van der Waals surface area contributed by atoms with Crippen molar-refractivity contribution in [1.82, 2.24) is 15.2 Å². The molecule has 5 heterocycles. The Morgan fingerprint density at radius 1 is 1.33 bits per heavy atom. The van der Waals surface area contributed by atoms with E-state index in [0.29, 0.717) is 11.5 Å². The van der Waals surface area contributed by atoms with Crippen LogP contribution in [0.4, 0.5) is 0 Å². The number of nitrogens with zero attached hydrogens (tertiary/aromatic N) is 2. The van der Waals surface area contributed by atoms with Crippen molar-refractivity contribution < 1.29 is 0 Å². The molecule has 5 rings (SSSR count). The Morgan fingerprint density at radius 2 is 2.22 bits per heavy atom. The lowest BCUT2D eigenvalue weighted by atomic mass is 9.63. The standard InChI is InChI=1S/C15H21N3/c1-2-13(10-16-6-1)14-12-3-8-18(9-4-12)15(14)5-7-17-11-15/h1-2,6,10,12,14,17H,3-5,7-9,11H2/t14?,15-/m0/s1. The van der Waals surface area contributed by atoms with E-state index < -0.39 is 0 Å². The fourth-order valence-electron chi connectivity index (χ4n) is 4.69. The van der Waals surface area contributed by atoms with Crippen LogP contribution in [0.25, 0.3) is 0 Å². The van der Waals surface area contributed by atoms with Crippen LogP contribution in [-0.4, -0.2) is 41.6 Å². The fraction of sp³-hybridized carbons (Fsp3) is 0.667. The molecule has 2 bridgehead atoms. The SMILES string of the molecule is c1cncc(C2C3CCN(CC3)[C@]23CCNC3)c1. The Morgan fingerprint density at radius 3 is 2.89 bits per heavy atom. The van der Waals surface area contributed by atoms with Crippen molar-refractivity contribution >= 4 is 0 Å². The van der Waals surface area contributed by atoms with Gasteiger partial charge in [0.1, 0.15) is 0 Å². The molecule has 4 aliphatic heterocycles. The molecule has 4 saturated heterocycles. The van der Waals surface area contributed by atoms with E-state index in [1.165, 1.54) is 51.0 Å². The molecule has 0 radical (unpaired) electrons. The summed E-state index contributed by atoms with van der Waals surface area (Å²) in [4.78, 5) is 7.13. The molecule has 1 aromatic rings. The zero-order valence-electron chi connectivity index (χ0n) is 10.8. The number of fused-ring (bicyclic) bond motifs is 2. The predicted molar refractivity (Wildman–Crippen MR) is 71.5 cm³/mol. The third-order valence-corrected chi connectivity index (χ3v) is 5.43. The number of hydrogen-bond acceptors (Lipinski definition) is 3. The Balaban J connectivity index is 1.79. The average molecular weight is 243 g/mol. The lowest BCUT2D eigenvalue weighted by molar-refractivity contribution is -0.0404. The zero-order valence-corrected chi connectivity index (χ0v) is 10.8. The van der Waals surface area contributed by atoms with Crippen LogP contribution < -0.4 is 5.32 Å². The minimum Gasteiger partial charge on any atom is -0.315 e. The first-order valence-electron chi connectivity index (χ1n) is 7.26. The molecule has 1 unspecified atom stereocenters. The number of piperidine rings is 3. The maximum atomic E-state index is 4.36. The van der Waals surface area contributed by atoms with Gasteiger partial charge in [0.05, 0.1) is 0 Å². The van der Waals surface area contributed by atoms with Gasteiger partial charge in [0.15, 0.2) is 0 Å². The number of rotatable bonds is 1. The number of hydrogen-bond donors (Lipinski definition) is 1. The van der Waals surface area contributed by atoms with Gasteiger partial charge in [-0.2, -0.15) is 0 Å². The molecule has 0 saturated carbocycles. The largest absolute Gasteiger partial charge is 0.315 e. The predicted octanol–water partition coefficient (Wildman–Crippen LogP) is 1.62. The second-order valence-electron chi connectivity index (χ2n) is 6.12. The van der Waals surface area contributed by atoms with Gasteiger partial charge in [-0.25, -0.2) is 0 Å². The summed E-state index contributed by atoms with van der Waals surface area (Å²) in [6, 6.07) is 4.39. The molecule has 0 aromatic carbocycles. The third-order valence-electron chi connectivity index (χ3n) is 5.43. The monoisotopic (exact) mass is 243 g/mol. The molecular weight excluding hydrogens is 222 g/mol. The van der Waals surface area contributed by atoms with E-state index in [4.69, 9.17) is 0 Å². The molecule has 4 fully saturated rings. The molecule has 18 heavy (non-hydrogen) atoms. The van der Waals surface area contributed by atoms with Crippen LogP contribution in [0, 0.1) is 5.92 Å². The zero-order chi connectivity index (χ0) is 12.0. The first kappa shape index (κ1) is 10.9. The molecule has 3 heteroatoms. The second kappa shape index (κ2) is 4.04. The van der Waals surface area contributed by atoms with Gasteiger partial charge in [-0.3, -0.25) is 9.88 Å². The number of pyridine rings is 1. The molecule has 0 aliphatic carbocycles. The molecule has 4 aliphatic rings. The van der Waals surface area contributed by atoms with Gasteiger partial charge in [-0.15, -0.1) is 0 Å². The minimum absolute atomic E-state index is 0.393. The first-order valence-corrected chi connectivity index (χ1v) is 7.26. The van der Waals surface area contributed by atoms with Crippen molar-refractivity contribution in [3.05, 3.63) is 30.1 Å². The van der Waals surface area contributed by atoms with Crippen LogP contribution in [0.2, 0.25) is 0 Å². The van der Waals surface area contributed by atoms with E-state index in [0.717, 1.165) is 5.92 Å². The van der Waals surface area contributed by atoms with Gasteiger partial charge in [-0.1, -0.05) is 6.07 Å². The summed E-state index contributed by atoms with van der Waals surface area (Å²) in [5, 5.41) is 3.61. The topological polar surface area (TPSA) is 28.2 Å². The number of aromatic nitrogens is 1. The Bertz CT molecular complexity index is 417. The Kier molecular flexibility index (Phi) is 2.45. The summed E-state index contributed by atoms with van der Waals surface area (Å²) in [6.07, 6.45) is 8.06. The molecule has 1 spiro atoms. The average Bonchev–Trinajstić information content (AvgIpc) is 2.90. The summed E-state index contributed by atoms with van der Waals surface area (Å²) in [5.74, 6) is 1.57. The van der Waals surface area contributed by atoms with Crippen molar-refractivity contribution in [2.75, 3.05) is 26.2 Å². The van der Waals surface area contributed by atoms with Crippen LogP contribution in [-0.2, 0) is 0 Å². The van der Waals surface area contributed by atoms with E-state index in [9.17, 15) is 0 Å². The van der Waals surface area contributed by atoms with Gasteiger partial charge < -0.3 is 5.32 Å². The lowest BCUT2D eigenvalue weighted by Gasteiger charge is -2.58. The van der Waals surface area contributed by atoms with Crippen molar-refractivity contribution in [2.45, 2.75) is 30.7 Å². The Hall–Kier alpha value is -0.930. The fourth-order valence-corrected chi connectivity index (χ4v) is 4.69. The van der Waals surface area contributed by atoms with Crippen molar-refractivity contribution in [3.8, 4) is 0 Å². The Labute approximate surface area is 109 Å². The summed E-state index contributed by atoms with van der Waals surface area (Å²) in [6.45, 7) is 4.97. The van der Waals surface area contributed by atoms with Gasteiger partial charge in [0, 0.05) is 30.4 Å². The van der Waals surface area contributed by atoms with Crippen LogP contribution in [0.1, 0.15) is 30.7 Å². The first-order chi connectivity index (χ1) is 8.90. The molecule has 96 valence electrons. The van der Waals surface area contributed by atoms with Gasteiger partial charge in [0.25, 0.3) is 0 Å². The molecular formula is C15H21N3. The number of nitrogens with one attached hydrogen (secondary N) is 1.